The Morgan fingerprint density at radius 3 is 1.30 bits per heavy atom. The first-order valence-electron chi connectivity index (χ1n) is 13.7. The molecule has 1 N–H and O–H groups in total. The first-order chi connectivity index (χ1) is 19.8. The maximum Gasteiger partial charge on any atom is 0.184 e. The van der Waals surface area contributed by atoms with Crippen LogP contribution in [0.3, 0.4) is 0 Å². The van der Waals surface area contributed by atoms with Gasteiger partial charge in [-0.25, -0.2) is 0 Å². The number of rotatable bonds is 13. The molecule has 1 aliphatic rings. The fourth-order valence-corrected chi connectivity index (χ4v) is 4.77. The van der Waals surface area contributed by atoms with Gasteiger partial charge in [-0.15, -0.1) is 0 Å². The summed E-state index contributed by atoms with van der Waals surface area (Å²) in [6, 6.07) is 39.7. The van der Waals surface area contributed by atoms with E-state index in [1.165, 1.54) is 0 Å². The molecule has 6 heteroatoms. The molecule has 4 aromatic carbocycles. The van der Waals surface area contributed by atoms with E-state index in [1.54, 1.807) is 0 Å². The molecule has 208 valence electrons. The second-order valence-corrected chi connectivity index (χ2v) is 9.85. The first kappa shape index (κ1) is 28.2. The minimum Gasteiger partial charge on any atom is -0.374 e. The smallest absolute Gasteiger partial charge is 0.184 e. The Morgan fingerprint density at radius 2 is 0.850 bits per heavy atom. The summed E-state index contributed by atoms with van der Waals surface area (Å²) in [7, 11) is 0. The molecule has 40 heavy (non-hydrogen) atoms. The van der Waals surface area contributed by atoms with Gasteiger partial charge in [-0.05, 0) is 22.3 Å². The van der Waals surface area contributed by atoms with E-state index in [-0.39, 0.29) is 6.61 Å². The van der Waals surface area contributed by atoms with Gasteiger partial charge in [-0.1, -0.05) is 121 Å². The topological polar surface area (TPSA) is 66.4 Å². The lowest BCUT2D eigenvalue weighted by Crippen LogP contribution is -2.61. The van der Waals surface area contributed by atoms with E-state index in [1.807, 2.05) is 121 Å². The predicted molar refractivity (Wildman–Crippen MR) is 152 cm³/mol. The van der Waals surface area contributed by atoms with Gasteiger partial charge in [0.15, 0.2) is 6.29 Å². The molecule has 1 aliphatic heterocycles. The van der Waals surface area contributed by atoms with Crippen LogP contribution in [0.5, 0.6) is 0 Å². The van der Waals surface area contributed by atoms with E-state index in [9.17, 15) is 5.11 Å². The Kier molecular flexibility index (Phi) is 10.5. The van der Waals surface area contributed by atoms with Crippen LogP contribution in [0, 0.1) is 0 Å². The molecular formula is C34H36O6. The SMILES string of the molecule is O[C@@H]1OC(COCc2ccccc2)[C@@H](OCc2ccccc2)C(OCc2ccccc2)C1OCc1ccccc1. The lowest BCUT2D eigenvalue weighted by Gasteiger charge is -2.44. The summed E-state index contributed by atoms with van der Waals surface area (Å²) in [4.78, 5) is 0. The summed E-state index contributed by atoms with van der Waals surface area (Å²) in [5.74, 6) is 0. The van der Waals surface area contributed by atoms with Gasteiger partial charge >= 0.3 is 0 Å². The molecule has 6 nitrogen and oxygen atoms in total. The highest BCUT2D eigenvalue weighted by Gasteiger charge is 2.48. The Balaban J connectivity index is 1.36. The third-order valence-corrected chi connectivity index (χ3v) is 6.86. The minimum atomic E-state index is -1.22. The molecule has 0 saturated carbocycles. The molecule has 3 unspecified atom stereocenters. The van der Waals surface area contributed by atoms with Gasteiger partial charge in [0.05, 0.1) is 33.0 Å². The lowest BCUT2D eigenvalue weighted by atomic mass is 9.98. The third-order valence-electron chi connectivity index (χ3n) is 6.86. The van der Waals surface area contributed by atoms with E-state index >= 15 is 0 Å². The molecule has 0 aromatic heterocycles. The monoisotopic (exact) mass is 540 g/mol. The number of aliphatic hydroxyl groups excluding tert-OH is 1. The van der Waals surface area contributed by atoms with Crippen LogP contribution < -0.4 is 0 Å². The highest BCUT2D eigenvalue weighted by molar-refractivity contribution is 5.16. The fourth-order valence-electron chi connectivity index (χ4n) is 4.77. The van der Waals surface area contributed by atoms with Gasteiger partial charge in [0.25, 0.3) is 0 Å². The number of ether oxygens (including phenoxy) is 5. The quantitative estimate of drug-likeness (QED) is 0.236. The van der Waals surface area contributed by atoms with Crippen molar-refractivity contribution >= 4 is 0 Å². The second kappa shape index (κ2) is 14.9. The van der Waals surface area contributed by atoms with Crippen LogP contribution in [0.2, 0.25) is 0 Å². The standard InChI is InChI=1S/C34H36O6/c35-34-33(39-24-29-19-11-4-12-20-29)32(38-23-28-17-9-3-10-18-28)31(37-22-27-15-7-2-8-16-27)30(40-34)25-36-21-26-13-5-1-6-14-26/h1-20,30-35H,21-25H2/t30?,31-,32?,33?,34-/m1/s1. The van der Waals surface area contributed by atoms with Crippen molar-refractivity contribution in [1.82, 2.24) is 0 Å². The van der Waals surface area contributed by atoms with Crippen LogP contribution in [0.1, 0.15) is 22.3 Å². The molecule has 0 aliphatic carbocycles. The van der Waals surface area contributed by atoms with Crippen LogP contribution in [0.15, 0.2) is 121 Å². The number of hydrogen-bond donors (Lipinski definition) is 1. The Labute approximate surface area is 236 Å². The average Bonchev–Trinajstić information content (AvgIpc) is 3.01. The molecule has 5 rings (SSSR count). The number of hydrogen-bond acceptors (Lipinski definition) is 6. The van der Waals surface area contributed by atoms with Gasteiger partial charge in [0.1, 0.15) is 24.4 Å². The average molecular weight is 541 g/mol. The van der Waals surface area contributed by atoms with Crippen molar-refractivity contribution in [2.45, 2.75) is 57.1 Å². The molecular weight excluding hydrogens is 504 g/mol. The van der Waals surface area contributed by atoms with Gasteiger partial charge in [-0.3, -0.25) is 0 Å². The first-order valence-corrected chi connectivity index (χ1v) is 13.7. The maximum absolute atomic E-state index is 11.2. The van der Waals surface area contributed by atoms with Crippen molar-refractivity contribution in [3.05, 3.63) is 144 Å². The zero-order valence-corrected chi connectivity index (χ0v) is 22.5. The number of aliphatic hydroxyl groups is 1. The van der Waals surface area contributed by atoms with E-state index in [2.05, 4.69) is 0 Å². The summed E-state index contributed by atoms with van der Waals surface area (Å²) < 4.78 is 31.4. The van der Waals surface area contributed by atoms with Gasteiger partial charge in [0.2, 0.25) is 0 Å². The molecule has 0 amide bonds. The van der Waals surface area contributed by atoms with Crippen molar-refractivity contribution in [3.8, 4) is 0 Å². The summed E-state index contributed by atoms with van der Waals surface area (Å²) in [5, 5.41) is 11.2. The van der Waals surface area contributed by atoms with E-state index in [4.69, 9.17) is 23.7 Å². The zero-order chi connectivity index (χ0) is 27.4. The van der Waals surface area contributed by atoms with Crippen LogP contribution >= 0.6 is 0 Å². The minimum absolute atomic E-state index is 0.224. The van der Waals surface area contributed by atoms with Crippen molar-refractivity contribution < 1.29 is 28.8 Å². The normalized spacial score (nSPS) is 22.7. The van der Waals surface area contributed by atoms with Gasteiger partial charge in [-0.2, -0.15) is 0 Å². The highest BCUT2D eigenvalue weighted by atomic mass is 16.7. The second-order valence-electron chi connectivity index (χ2n) is 9.85. The van der Waals surface area contributed by atoms with Crippen LogP contribution in [0.25, 0.3) is 0 Å². The summed E-state index contributed by atoms with van der Waals surface area (Å²) >= 11 is 0. The van der Waals surface area contributed by atoms with Crippen LogP contribution in [-0.4, -0.2) is 42.4 Å². The molecule has 4 aromatic rings. The third kappa shape index (κ3) is 8.08. The molecule has 0 bridgehead atoms. The van der Waals surface area contributed by atoms with Crippen molar-refractivity contribution in [2.75, 3.05) is 6.61 Å². The van der Waals surface area contributed by atoms with Gasteiger partial charge in [0, 0.05) is 0 Å². The predicted octanol–water partition coefficient (Wildman–Crippen LogP) is 5.68. The Morgan fingerprint density at radius 1 is 0.475 bits per heavy atom. The summed E-state index contributed by atoms with van der Waals surface area (Å²) in [6.45, 7) is 1.65. The van der Waals surface area contributed by atoms with E-state index in [0.717, 1.165) is 22.3 Å². The van der Waals surface area contributed by atoms with Crippen LogP contribution in [-0.2, 0) is 50.1 Å². The zero-order valence-electron chi connectivity index (χ0n) is 22.5. The molecule has 5 atom stereocenters. The molecule has 1 fully saturated rings. The van der Waals surface area contributed by atoms with E-state index in [0.29, 0.717) is 26.4 Å². The fraction of sp³-hybridized carbons (Fsp3) is 0.294. The molecule has 1 saturated heterocycles. The molecule has 1 heterocycles. The lowest BCUT2D eigenvalue weighted by molar-refractivity contribution is -0.317. The summed E-state index contributed by atoms with van der Waals surface area (Å²) in [6.07, 6.45) is -3.72. The van der Waals surface area contributed by atoms with Crippen molar-refractivity contribution in [3.63, 3.8) is 0 Å². The number of benzene rings is 4. The van der Waals surface area contributed by atoms with Gasteiger partial charge < -0.3 is 28.8 Å². The summed E-state index contributed by atoms with van der Waals surface area (Å²) in [5.41, 5.74) is 4.10. The van der Waals surface area contributed by atoms with E-state index < -0.39 is 30.7 Å². The maximum atomic E-state index is 11.2. The van der Waals surface area contributed by atoms with Crippen LogP contribution in [0.4, 0.5) is 0 Å². The van der Waals surface area contributed by atoms with Crippen molar-refractivity contribution in [1.29, 1.82) is 0 Å². The molecule has 0 spiro atoms. The highest BCUT2D eigenvalue weighted by Crippen LogP contribution is 2.30. The van der Waals surface area contributed by atoms with Crippen molar-refractivity contribution in [2.24, 2.45) is 0 Å². The Hall–Kier alpha value is -3.36. The molecule has 0 radical (unpaired) electrons. The largest absolute Gasteiger partial charge is 0.374 e. The Bertz CT molecular complexity index is 1240.